The van der Waals surface area contributed by atoms with Gasteiger partial charge in [-0.05, 0) is 30.5 Å². The summed E-state index contributed by atoms with van der Waals surface area (Å²) in [6, 6.07) is 7.56. The van der Waals surface area contributed by atoms with E-state index in [-0.39, 0.29) is 18.3 Å². The largest absolute Gasteiger partial charge is 0.497 e. The zero-order valence-electron chi connectivity index (χ0n) is 11.8. The molecule has 1 N–H and O–H groups in total. The minimum Gasteiger partial charge on any atom is -0.497 e. The SMILES string of the molecule is COC(=O)CCNC(=O)C1(c2ccc(OC)cc2)CC1. The van der Waals surface area contributed by atoms with Crippen LogP contribution in [0, 0.1) is 0 Å². The van der Waals surface area contributed by atoms with Crippen molar-refractivity contribution in [2.24, 2.45) is 0 Å². The molecule has 0 bridgehead atoms. The predicted molar refractivity (Wildman–Crippen MR) is 73.5 cm³/mol. The second-order valence-electron chi connectivity index (χ2n) is 4.89. The summed E-state index contributed by atoms with van der Waals surface area (Å²) in [5, 5.41) is 2.81. The fourth-order valence-corrected chi connectivity index (χ4v) is 2.23. The van der Waals surface area contributed by atoms with Gasteiger partial charge in [0.15, 0.2) is 0 Å². The van der Waals surface area contributed by atoms with Crippen LogP contribution in [0.15, 0.2) is 24.3 Å². The van der Waals surface area contributed by atoms with E-state index in [4.69, 9.17) is 4.74 Å². The van der Waals surface area contributed by atoms with E-state index in [0.717, 1.165) is 24.2 Å². The van der Waals surface area contributed by atoms with Gasteiger partial charge in [0.1, 0.15) is 5.75 Å². The Balaban J connectivity index is 1.95. The number of ether oxygens (including phenoxy) is 2. The smallest absolute Gasteiger partial charge is 0.307 e. The molecular formula is C15H19NO4. The fourth-order valence-electron chi connectivity index (χ4n) is 2.23. The molecular weight excluding hydrogens is 258 g/mol. The zero-order valence-corrected chi connectivity index (χ0v) is 11.8. The van der Waals surface area contributed by atoms with Gasteiger partial charge in [0.2, 0.25) is 5.91 Å². The second kappa shape index (κ2) is 5.94. The highest BCUT2D eigenvalue weighted by molar-refractivity contribution is 5.91. The van der Waals surface area contributed by atoms with E-state index in [1.54, 1.807) is 7.11 Å². The van der Waals surface area contributed by atoms with Gasteiger partial charge in [-0.15, -0.1) is 0 Å². The summed E-state index contributed by atoms with van der Waals surface area (Å²) >= 11 is 0. The van der Waals surface area contributed by atoms with E-state index >= 15 is 0 Å². The van der Waals surface area contributed by atoms with Crippen LogP contribution in [-0.2, 0) is 19.7 Å². The Morgan fingerprint density at radius 3 is 2.35 bits per heavy atom. The van der Waals surface area contributed by atoms with Gasteiger partial charge >= 0.3 is 5.97 Å². The minimum absolute atomic E-state index is 0.0217. The van der Waals surface area contributed by atoms with Crippen LogP contribution in [0.3, 0.4) is 0 Å². The Kier molecular flexibility index (Phi) is 4.27. The third-order valence-electron chi connectivity index (χ3n) is 3.67. The quantitative estimate of drug-likeness (QED) is 0.798. The maximum Gasteiger partial charge on any atom is 0.307 e. The Hall–Kier alpha value is -2.04. The molecule has 0 aliphatic heterocycles. The number of hydrogen-bond donors (Lipinski definition) is 1. The van der Waals surface area contributed by atoms with E-state index in [0.29, 0.717) is 6.54 Å². The van der Waals surface area contributed by atoms with Crippen LogP contribution in [0.1, 0.15) is 24.8 Å². The van der Waals surface area contributed by atoms with E-state index in [2.05, 4.69) is 10.1 Å². The van der Waals surface area contributed by atoms with Crippen LogP contribution >= 0.6 is 0 Å². The number of nitrogens with one attached hydrogen (secondary N) is 1. The van der Waals surface area contributed by atoms with Crippen molar-refractivity contribution in [3.63, 3.8) is 0 Å². The van der Waals surface area contributed by atoms with Crippen LogP contribution in [-0.4, -0.2) is 32.6 Å². The number of hydrogen-bond acceptors (Lipinski definition) is 4. The van der Waals surface area contributed by atoms with Gasteiger partial charge in [0.25, 0.3) is 0 Å². The van der Waals surface area contributed by atoms with Gasteiger partial charge in [0, 0.05) is 6.54 Å². The van der Waals surface area contributed by atoms with Gasteiger partial charge in [0.05, 0.1) is 26.1 Å². The molecule has 1 aliphatic rings. The molecule has 1 aromatic rings. The van der Waals surface area contributed by atoms with E-state index in [1.807, 2.05) is 24.3 Å². The number of carbonyl (C=O) groups is 2. The molecule has 0 spiro atoms. The number of benzene rings is 1. The van der Waals surface area contributed by atoms with Crippen molar-refractivity contribution in [1.29, 1.82) is 0 Å². The Labute approximate surface area is 118 Å². The number of rotatable bonds is 6. The molecule has 1 amide bonds. The van der Waals surface area contributed by atoms with Crippen LogP contribution in [0.5, 0.6) is 5.75 Å². The summed E-state index contributed by atoms with van der Waals surface area (Å²) in [5.74, 6) is 0.432. The van der Waals surface area contributed by atoms with Crippen LogP contribution < -0.4 is 10.1 Å². The van der Waals surface area contributed by atoms with Gasteiger partial charge in [-0.25, -0.2) is 0 Å². The molecule has 0 aromatic heterocycles. The molecule has 5 heteroatoms. The average molecular weight is 277 g/mol. The van der Waals surface area contributed by atoms with Crippen molar-refractivity contribution < 1.29 is 19.1 Å². The maximum atomic E-state index is 12.3. The average Bonchev–Trinajstić information content (AvgIpc) is 3.28. The summed E-state index contributed by atoms with van der Waals surface area (Å²) in [5.41, 5.74) is 0.566. The molecule has 108 valence electrons. The first kappa shape index (κ1) is 14.4. The van der Waals surface area contributed by atoms with Gasteiger partial charge in [-0.1, -0.05) is 12.1 Å². The first-order chi connectivity index (χ1) is 9.62. The zero-order chi connectivity index (χ0) is 14.6. The highest BCUT2D eigenvalue weighted by atomic mass is 16.5. The first-order valence-corrected chi connectivity index (χ1v) is 6.62. The maximum absolute atomic E-state index is 12.3. The lowest BCUT2D eigenvalue weighted by atomic mass is 9.95. The number of methoxy groups -OCH3 is 2. The number of carbonyl (C=O) groups excluding carboxylic acids is 2. The van der Waals surface area contributed by atoms with Crippen molar-refractivity contribution >= 4 is 11.9 Å². The van der Waals surface area contributed by atoms with E-state index in [9.17, 15) is 9.59 Å². The lowest BCUT2D eigenvalue weighted by molar-refractivity contribution is -0.140. The number of esters is 1. The Bertz CT molecular complexity index is 491. The molecule has 5 nitrogen and oxygen atoms in total. The van der Waals surface area contributed by atoms with Gasteiger partial charge < -0.3 is 14.8 Å². The third-order valence-corrected chi connectivity index (χ3v) is 3.67. The minimum atomic E-state index is -0.428. The molecule has 0 radical (unpaired) electrons. The molecule has 0 atom stereocenters. The van der Waals surface area contributed by atoms with Crippen molar-refractivity contribution in [3.8, 4) is 5.75 Å². The Morgan fingerprint density at radius 2 is 1.85 bits per heavy atom. The molecule has 0 heterocycles. The molecule has 0 saturated heterocycles. The predicted octanol–water partition coefficient (Wildman–Crippen LogP) is 1.41. The summed E-state index contributed by atoms with van der Waals surface area (Å²) in [7, 11) is 2.95. The summed E-state index contributed by atoms with van der Waals surface area (Å²) < 4.78 is 9.65. The molecule has 0 unspecified atom stereocenters. The third kappa shape index (κ3) is 2.92. The molecule has 1 aliphatic carbocycles. The molecule has 1 fully saturated rings. The summed E-state index contributed by atoms with van der Waals surface area (Å²) in [4.78, 5) is 23.3. The standard InChI is InChI=1S/C15H19NO4/c1-19-12-5-3-11(4-6-12)15(8-9-15)14(18)16-10-7-13(17)20-2/h3-6H,7-10H2,1-2H3,(H,16,18). The first-order valence-electron chi connectivity index (χ1n) is 6.62. The summed E-state index contributed by atoms with van der Waals surface area (Å²) in [6.07, 6.45) is 1.87. The Morgan fingerprint density at radius 1 is 1.20 bits per heavy atom. The summed E-state index contributed by atoms with van der Waals surface area (Å²) in [6.45, 7) is 0.309. The molecule has 2 rings (SSSR count). The fraction of sp³-hybridized carbons (Fsp3) is 0.467. The van der Waals surface area contributed by atoms with Crippen LogP contribution in [0.2, 0.25) is 0 Å². The molecule has 1 saturated carbocycles. The van der Waals surface area contributed by atoms with Crippen molar-refractivity contribution in [3.05, 3.63) is 29.8 Å². The van der Waals surface area contributed by atoms with Crippen molar-refractivity contribution in [2.45, 2.75) is 24.7 Å². The highest BCUT2D eigenvalue weighted by Crippen LogP contribution is 2.48. The second-order valence-corrected chi connectivity index (χ2v) is 4.89. The topological polar surface area (TPSA) is 64.6 Å². The van der Waals surface area contributed by atoms with E-state index < -0.39 is 5.41 Å². The monoisotopic (exact) mass is 277 g/mol. The number of amides is 1. The van der Waals surface area contributed by atoms with Crippen molar-refractivity contribution in [1.82, 2.24) is 5.32 Å². The normalized spacial score (nSPS) is 15.3. The van der Waals surface area contributed by atoms with Crippen LogP contribution in [0.4, 0.5) is 0 Å². The lowest BCUT2D eigenvalue weighted by Gasteiger charge is -2.16. The van der Waals surface area contributed by atoms with Gasteiger partial charge in [-0.3, -0.25) is 9.59 Å². The highest BCUT2D eigenvalue weighted by Gasteiger charge is 2.51. The van der Waals surface area contributed by atoms with Crippen LogP contribution in [0.25, 0.3) is 0 Å². The van der Waals surface area contributed by atoms with Crippen molar-refractivity contribution in [2.75, 3.05) is 20.8 Å². The lowest BCUT2D eigenvalue weighted by Crippen LogP contribution is -2.36. The van der Waals surface area contributed by atoms with E-state index in [1.165, 1.54) is 7.11 Å². The van der Waals surface area contributed by atoms with Gasteiger partial charge in [-0.2, -0.15) is 0 Å². The molecule has 1 aromatic carbocycles. The molecule has 20 heavy (non-hydrogen) atoms.